The summed E-state index contributed by atoms with van der Waals surface area (Å²) in [7, 11) is 0. The molecule has 8 nitrogen and oxygen atoms in total. The molecule has 3 rings (SSSR count). The van der Waals surface area contributed by atoms with Crippen LogP contribution in [0.1, 0.15) is 58.3 Å². The van der Waals surface area contributed by atoms with Crippen molar-refractivity contribution in [1.29, 1.82) is 0 Å². The van der Waals surface area contributed by atoms with Crippen LogP contribution in [0.4, 0.5) is 4.79 Å². The van der Waals surface area contributed by atoms with Crippen LogP contribution >= 0.6 is 0 Å². The lowest BCUT2D eigenvalue weighted by Gasteiger charge is -2.31. The van der Waals surface area contributed by atoms with Gasteiger partial charge in [0, 0.05) is 30.8 Å². The minimum Gasteiger partial charge on any atom is -0.475 e. The van der Waals surface area contributed by atoms with Gasteiger partial charge in [0.1, 0.15) is 11.3 Å². The van der Waals surface area contributed by atoms with Crippen LogP contribution in [0.5, 0.6) is 5.88 Å². The van der Waals surface area contributed by atoms with Crippen LogP contribution in [0.15, 0.2) is 43.4 Å². The summed E-state index contributed by atoms with van der Waals surface area (Å²) in [5.74, 6) is 0.451. The maximum Gasteiger partial charge on any atom is 0.410 e. The van der Waals surface area contributed by atoms with E-state index in [1.807, 2.05) is 64.3 Å². The molecule has 0 saturated heterocycles. The Morgan fingerprint density at radius 2 is 2.06 bits per heavy atom. The Morgan fingerprint density at radius 3 is 2.73 bits per heavy atom. The van der Waals surface area contributed by atoms with Gasteiger partial charge in [-0.1, -0.05) is 6.08 Å². The number of pyridine rings is 1. The predicted molar refractivity (Wildman–Crippen MR) is 128 cm³/mol. The average molecular weight is 452 g/mol. The van der Waals surface area contributed by atoms with Gasteiger partial charge in [0.25, 0.3) is 5.88 Å². The molecule has 0 fully saturated rings. The highest BCUT2D eigenvalue weighted by molar-refractivity contribution is 5.69. The van der Waals surface area contributed by atoms with Crippen molar-refractivity contribution < 1.29 is 14.3 Å². The molecular formula is C25H33N5O3. The summed E-state index contributed by atoms with van der Waals surface area (Å²) in [6.07, 6.45) is 7.50. The van der Waals surface area contributed by atoms with Crippen molar-refractivity contribution in [3.63, 3.8) is 0 Å². The second-order valence-corrected chi connectivity index (χ2v) is 8.81. The molecule has 176 valence electrons. The number of imidazole rings is 1. The number of aromatic nitrogens is 4. The Bertz CT molecular complexity index is 1130. The molecule has 33 heavy (non-hydrogen) atoms. The van der Waals surface area contributed by atoms with E-state index >= 15 is 0 Å². The van der Waals surface area contributed by atoms with Crippen molar-refractivity contribution in [2.24, 2.45) is 0 Å². The maximum absolute atomic E-state index is 12.7. The molecule has 0 N–H and O–H groups in total. The first-order chi connectivity index (χ1) is 15.7. The third-order valence-electron chi connectivity index (χ3n) is 5.26. The van der Waals surface area contributed by atoms with Crippen LogP contribution in [0.3, 0.4) is 0 Å². The van der Waals surface area contributed by atoms with Crippen LogP contribution in [0.2, 0.25) is 0 Å². The lowest BCUT2D eigenvalue weighted by Crippen LogP contribution is -2.38. The number of hydrogen-bond acceptors (Lipinski definition) is 6. The molecule has 0 aromatic carbocycles. The predicted octanol–water partition coefficient (Wildman–Crippen LogP) is 5.37. The van der Waals surface area contributed by atoms with E-state index in [9.17, 15) is 4.79 Å². The lowest BCUT2D eigenvalue weighted by atomic mass is 10.1. The highest BCUT2D eigenvalue weighted by atomic mass is 16.6. The van der Waals surface area contributed by atoms with Gasteiger partial charge in [-0.2, -0.15) is 0 Å². The van der Waals surface area contributed by atoms with Gasteiger partial charge in [-0.15, -0.1) is 6.58 Å². The quantitative estimate of drug-likeness (QED) is 0.338. The standard InChI is InChI=1S/C25H33N5O3/c1-8-10-15-32-23-22-27-13-14-30(22)18(4)21(28-23)20-16-19(11-12-26-20)17(3)29(9-2)24(31)33-25(5,6)7/h8,11-14,16-17H,1,9-10,15H2,2-7H3. The molecular weight excluding hydrogens is 418 g/mol. The Hall–Kier alpha value is -3.42. The van der Waals surface area contributed by atoms with Crippen LogP contribution in [-0.2, 0) is 4.74 Å². The number of rotatable bonds is 8. The minimum absolute atomic E-state index is 0.202. The van der Waals surface area contributed by atoms with Gasteiger partial charge >= 0.3 is 6.09 Å². The fraction of sp³-hybridized carbons (Fsp3) is 0.440. The highest BCUT2D eigenvalue weighted by Gasteiger charge is 2.26. The van der Waals surface area contributed by atoms with E-state index in [0.29, 0.717) is 42.5 Å². The van der Waals surface area contributed by atoms with Crippen molar-refractivity contribution in [1.82, 2.24) is 24.3 Å². The van der Waals surface area contributed by atoms with Crippen LogP contribution < -0.4 is 4.74 Å². The third-order valence-corrected chi connectivity index (χ3v) is 5.26. The fourth-order valence-electron chi connectivity index (χ4n) is 3.56. The number of carbonyl (C=O) groups excluding carboxylic acids is 1. The fourth-order valence-corrected chi connectivity index (χ4v) is 3.56. The first kappa shape index (κ1) is 24.2. The summed E-state index contributed by atoms with van der Waals surface area (Å²) >= 11 is 0. The van der Waals surface area contributed by atoms with E-state index < -0.39 is 5.60 Å². The zero-order valence-corrected chi connectivity index (χ0v) is 20.3. The number of aryl methyl sites for hydroxylation is 1. The van der Waals surface area contributed by atoms with E-state index in [0.717, 1.165) is 11.3 Å². The normalized spacial score (nSPS) is 12.4. The Kier molecular flexibility index (Phi) is 7.36. The Labute approximate surface area is 195 Å². The molecule has 8 heteroatoms. The van der Waals surface area contributed by atoms with Gasteiger partial charge in [-0.3, -0.25) is 9.38 Å². The zero-order chi connectivity index (χ0) is 24.2. The molecule has 3 aromatic heterocycles. The van der Waals surface area contributed by atoms with Gasteiger partial charge in [-0.25, -0.2) is 14.8 Å². The van der Waals surface area contributed by atoms with Gasteiger partial charge < -0.3 is 14.4 Å². The lowest BCUT2D eigenvalue weighted by molar-refractivity contribution is 0.0186. The maximum atomic E-state index is 12.7. The number of ether oxygens (including phenoxy) is 2. The second-order valence-electron chi connectivity index (χ2n) is 8.81. The zero-order valence-electron chi connectivity index (χ0n) is 20.3. The summed E-state index contributed by atoms with van der Waals surface area (Å²) < 4.78 is 13.4. The van der Waals surface area contributed by atoms with Gasteiger partial charge in [-0.05, 0) is 65.7 Å². The summed E-state index contributed by atoms with van der Waals surface area (Å²) in [5.41, 5.74) is 3.33. The Morgan fingerprint density at radius 1 is 1.30 bits per heavy atom. The molecule has 0 radical (unpaired) electrons. The molecule has 3 aromatic rings. The molecule has 1 unspecified atom stereocenters. The molecule has 1 amide bonds. The van der Waals surface area contributed by atoms with E-state index in [4.69, 9.17) is 14.5 Å². The van der Waals surface area contributed by atoms with Gasteiger partial charge in [0.2, 0.25) is 5.65 Å². The first-order valence-corrected chi connectivity index (χ1v) is 11.2. The van der Waals surface area contributed by atoms with Crippen molar-refractivity contribution in [3.8, 4) is 17.3 Å². The molecule has 3 heterocycles. The average Bonchev–Trinajstić information content (AvgIpc) is 3.25. The Balaban J connectivity index is 1.98. The van der Waals surface area contributed by atoms with E-state index in [2.05, 4.69) is 16.5 Å². The SMILES string of the molecule is C=CCCOc1nc(-c2cc(C(C)N(CC)C(=O)OC(C)(C)C)ccn2)c(C)n2ccnc12. The highest BCUT2D eigenvalue weighted by Crippen LogP contribution is 2.29. The largest absolute Gasteiger partial charge is 0.475 e. The smallest absolute Gasteiger partial charge is 0.410 e. The summed E-state index contributed by atoms with van der Waals surface area (Å²) in [6.45, 7) is 16.2. The molecule has 0 aliphatic heterocycles. The molecule has 1 atom stereocenters. The van der Waals surface area contributed by atoms with Crippen LogP contribution in [-0.4, -0.2) is 49.1 Å². The number of amides is 1. The van der Waals surface area contributed by atoms with Crippen molar-refractivity contribution >= 4 is 11.7 Å². The molecule has 0 aliphatic carbocycles. The van der Waals surface area contributed by atoms with E-state index in [1.165, 1.54) is 0 Å². The number of hydrogen-bond donors (Lipinski definition) is 0. The first-order valence-electron chi connectivity index (χ1n) is 11.2. The van der Waals surface area contributed by atoms with Crippen LogP contribution in [0.25, 0.3) is 17.0 Å². The molecule has 0 bridgehead atoms. The van der Waals surface area contributed by atoms with E-state index in [1.54, 1.807) is 23.4 Å². The minimum atomic E-state index is -0.559. The summed E-state index contributed by atoms with van der Waals surface area (Å²) in [4.78, 5) is 28.2. The van der Waals surface area contributed by atoms with Crippen LogP contribution in [0, 0.1) is 6.92 Å². The van der Waals surface area contributed by atoms with Crippen molar-refractivity contribution in [3.05, 3.63) is 54.6 Å². The molecule has 0 spiro atoms. The number of fused-ring (bicyclic) bond motifs is 1. The molecule has 0 saturated carbocycles. The van der Waals surface area contributed by atoms with Crippen molar-refractivity contribution in [2.75, 3.05) is 13.2 Å². The monoisotopic (exact) mass is 451 g/mol. The second kappa shape index (κ2) is 10.0. The number of nitrogens with zero attached hydrogens (tertiary/aromatic N) is 5. The van der Waals surface area contributed by atoms with Gasteiger partial charge in [0.15, 0.2) is 0 Å². The topological polar surface area (TPSA) is 81.8 Å². The summed E-state index contributed by atoms with van der Waals surface area (Å²) in [6, 6.07) is 3.67. The van der Waals surface area contributed by atoms with E-state index in [-0.39, 0.29) is 12.1 Å². The van der Waals surface area contributed by atoms with Crippen molar-refractivity contribution in [2.45, 2.75) is 59.6 Å². The van der Waals surface area contributed by atoms with Gasteiger partial charge in [0.05, 0.1) is 18.3 Å². The number of carbonyl (C=O) groups is 1. The third kappa shape index (κ3) is 5.50. The molecule has 0 aliphatic rings. The summed E-state index contributed by atoms with van der Waals surface area (Å²) in [5, 5.41) is 0.